The Kier molecular flexibility index (Phi) is 3.38. The van der Waals surface area contributed by atoms with Crippen LogP contribution in [0.1, 0.15) is 12.0 Å². The van der Waals surface area contributed by atoms with E-state index in [1.54, 1.807) is 0 Å². The maximum absolute atomic E-state index is 12.3. The molecule has 0 aliphatic carbocycles. The van der Waals surface area contributed by atoms with Crippen molar-refractivity contribution in [1.29, 1.82) is 0 Å². The molecule has 0 aliphatic rings. The summed E-state index contributed by atoms with van der Waals surface area (Å²) >= 11 is 5.32. The van der Waals surface area contributed by atoms with Crippen molar-refractivity contribution >= 4 is 11.6 Å². The van der Waals surface area contributed by atoms with E-state index in [0.29, 0.717) is 0 Å². The number of benzene rings is 1. The average Bonchev–Trinajstić information content (AvgIpc) is 2.05. The lowest BCUT2D eigenvalue weighted by molar-refractivity contribution is -0.275. The van der Waals surface area contributed by atoms with Crippen LogP contribution in [0.2, 0.25) is 5.02 Å². The fourth-order valence-corrected chi connectivity index (χ4v) is 1.14. The summed E-state index contributed by atoms with van der Waals surface area (Å²) in [4.78, 5) is 0. The van der Waals surface area contributed by atoms with Crippen molar-refractivity contribution in [3.8, 4) is 5.75 Å². The first-order chi connectivity index (χ1) is 6.81. The highest BCUT2D eigenvalue weighted by molar-refractivity contribution is 6.32. The maximum Gasteiger partial charge on any atom is 0.573 e. The summed E-state index contributed by atoms with van der Waals surface area (Å²) in [6.07, 6.45) is -8.13. The van der Waals surface area contributed by atoms with E-state index in [9.17, 15) is 22.0 Å². The van der Waals surface area contributed by atoms with Gasteiger partial charge in [0.2, 0.25) is 0 Å². The Balaban J connectivity index is 3.14. The standard InChI is InChI=1S/C8H4ClF5O/c9-5-3-1-2-4(7(10)11)6(5)15-8(12,13)14/h1-3,7H. The molecule has 0 heterocycles. The molecule has 1 aromatic rings. The highest BCUT2D eigenvalue weighted by atomic mass is 35.5. The summed E-state index contributed by atoms with van der Waals surface area (Å²) in [6.45, 7) is 0. The van der Waals surface area contributed by atoms with Crippen LogP contribution in [-0.4, -0.2) is 6.36 Å². The van der Waals surface area contributed by atoms with Gasteiger partial charge in [0.05, 0.1) is 10.6 Å². The fourth-order valence-electron chi connectivity index (χ4n) is 0.921. The van der Waals surface area contributed by atoms with Gasteiger partial charge in [-0.15, -0.1) is 13.2 Å². The fraction of sp³-hybridized carbons (Fsp3) is 0.250. The molecule has 1 aromatic carbocycles. The van der Waals surface area contributed by atoms with E-state index >= 15 is 0 Å². The first-order valence-corrected chi connectivity index (χ1v) is 4.01. The number of para-hydroxylation sites is 1. The van der Waals surface area contributed by atoms with Gasteiger partial charge in [-0.1, -0.05) is 17.7 Å². The van der Waals surface area contributed by atoms with Crippen LogP contribution in [0.3, 0.4) is 0 Å². The van der Waals surface area contributed by atoms with E-state index in [-0.39, 0.29) is 0 Å². The molecule has 0 amide bonds. The average molecular weight is 247 g/mol. The van der Waals surface area contributed by atoms with Gasteiger partial charge in [0.25, 0.3) is 6.43 Å². The Labute approximate surface area is 86.4 Å². The Bertz CT molecular complexity index is 349. The summed E-state index contributed by atoms with van der Waals surface area (Å²) < 4.78 is 63.5. The zero-order chi connectivity index (χ0) is 11.6. The van der Waals surface area contributed by atoms with Crippen LogP contribution in [0.25, 0.3) is 0 Å². The lowest BCUT2D eigenvalue weighted by Gasteiger charge is -2.13. The molecule has 0 radical (unpaired) electrons. The molecule has 84 valence electrons. The Morgan fingerprint density at radius 3 is 2.27 bits per heavy atom. The maximum atomic E-state index is 12.3. The molecule has 0 fully saturated rings. The van der Waals surface area contributed by atoms with Gasteiger partial charge in [0, 0.05) is 0 Å². The second kappa shape index (κ2) is 4.22. The van der Waals surface area contributed by atoms with E-state index in [1.165, 1.54) is 0 Å². The molecular formula is C8H4ClF5O. The molecule has 0 N–H and O–H groups in total. The van der Waals surface area contributed by atoms with Crippen LogP contribution in [0, 0.1) is 0 Å². The topological polar surface area (TPSA) is 9.23 Å². The third-order valence-corrected chi connectivity index (χ3v) is 1.75. The minimum absolute atomic E-state index is 0.509. The molecule has 0 unspecified atom stereocenters. The smallest absolute Gasteiger partial charge is 0.404 e. The van der Waals surface area contributed by atoms with Crippen molar-refractivity contribution in [2.24, 2.45) is 0 Å². The lowest BCUT2D eigenvalue weighted by Crippen LogP contribution is -2.18. The summed E-state index contributed by atoms with van der Waals surface area (Å²) in [7, 11) is 0. The minimum atomic E-state index is -5.05. The molecule has 7 heteroatoms. The van der Waals surface area contributed by atoms with Crippen molar-refractivity contribution in [2.45, 2.75) is 12.8 Å². The van der Waals surface area contributed by atoms with E-state index in [1.807, 2.05) is 0 Å². The number of hydrogen-bond donors (Lipinski definition) is 0. The molecule has 15 heavy (non-hydrogen) atoms. The van der Waals surface area contributed by atoms with Gasteiger partial charge in [-0.2, -0.15) is 0 Å². The van der Waals surface area contributed by atoms with Gasteiger partial charge in [0.1, 0.15) is 0 Å². The van der Waals surface area contributed by atoms with Crippen LogP contribution in [0.5, 0.6) is 5.75 Å². The van der Waals surface area contributed by atoms with Gasteiger partial charge in [-0.25, -0.2) is 8.78 Å². The molecular weight excluding hydrogens is 243 g/mol. The quantitative estimate of drug-likeness (QED) is 0.712. The third-order valence-electron chi connectivity index (χ3n) is 1.45. The summed E-state index contributed by atoms with van der Waals surface area (Å²) in [5.41, 5.74) is -0.889. The SMILES string of the molecule is FC(F)c1cccc(Cl)c1OC(F)(F)F. The first-order valence-electron chi connectivity index (χ1n) is 3.63. The Hall–Kier alpha value is -1.04. The van der Waals surface area contributed by atoms with Crippen LogP contribution in [-0.2, 0) is 0 Å². The van der Waals surface area contributed by atoms with Crippen molar-refractivity contribution in [3.05, 3.63) is 28.8 Å². The predicted molar refractivity (Wildman–Crippen MR) is 43.1 cm³/mol. The van der Waals surface area contributed by atoms with Crippen molar-refractivity contribution in [2.75, 3.05) is 0 Å². The van der Waals surface area contributed by atoms with Crippen LogP contribution in [0.15, 0.2) is 18.2 Å². The minimum Gasteiger partial charge on any atom is -0.404 e. The largest absolute Gasteiger partial charge is 0.573 e. The van der Waals surface area contributed by atoms with Crippen molar-refractivity contribution in [3.63, 3.8) is 0 Å². The van der Waals surface area contributed by atoms with Crippen LogP contribution >= 0.6 is 11.6 Å². The molecule has 0 aliphatic heterocycles. The van der Waals surface area contributed by atoms with Gasteiger partial charge in [-0.05, 0) is 12.1 Å². The second-order valence-corrected chi connectivity index (χ2v) is 2.91. The van der Waals surface area contributed by atoms with E-state index < -0.39 is 29.1 Å². The lowest BCUT2D eigenvalue weighted by atomic mass is 10.2. The third kappa shape index (κ3) is 3.23. The van der Waals surface area contributed by atoms with Gasteiger partial charge in [0.15, 0.2) is 5.75 Å². The summed E-state index contributed by atoms with van der Waals surface area (Å²) in [5, 5.41) is -0.509. The summed E-state index contributed by atoms with van der Waals surface area (Å²) in [5.74, 6) is -1.05. The number of rotatable bonds is 2. The molecule has 0 saturated carbocycles. The zero-order valence-corrected chi connectivity index (χ0v) is 7.74. The van der Waals surface area contributed by atoms with E-state index in [0.717, 1.165) is 18.2 Å². The molecule has 0 atom stereocenters. The van der Waals surface area contributed by atoms with Gasteiger partial charge < -0.3 is 4.74 Å². The van der Waals surface area contributed by atoms with Crippen molar-refractivity contribution in [1.82, 2.24) is 0 Å². The first kappa shape index (κ1) is 12.0. The molecule has 0 aromatic heterocycles. The van der Waals surface area contributed by atoms with Crippen LogP contribution in [0.4, 0.5) is 22.0 Å². The number of hydrogen-bond acceptors (Lipinski definition) is 1. The Morgan fingerprint density at radius 2 is 1.80 bits per heavy atom. The van der Waals surface area contributed by atoms with Gasteiger partial charge >= 0.3 is 6.36 Å². The number of halogens is 6. The Morgan fingerprint density at radius 1 is 1.20 bits per heavy atom. The highest BCUT2D eigenvalue weighted by Crippen LogP contribution is 2.38. The molecule has 0 bridgehead atoms. The highest BCUT2D eigenvalue weighted by Gasteiger charge is 2.34. The van der Waals surface area contributed by atoms with Gasteiger partial charge in [-0.3, -0.25) is 0 Å². The summed E-state index contributed by atoms with van der Waals surface area (Å²) in [6, 6.07) is 2.97. The van der Waals surface area contributed by atoms with E-state index in [4.69, 9.17) is 11.6 Å². The molecule has 0 saturated heterocycles. The monoisotopic (exact) mass is 246 g/mol. The van der Waals surface area contributed by atoms with Crippen LogP contribution < -0.4 is 4.74 Å². The van der Waals surface area contributed by atoms with E-state index in [2.05, 4.69) is 4.74 Å². The zero-order valence-electron chi connectivity index (χ0n) is 6.99. The number of ether oxygens (including phenoxy) is 1. The molecule has 0 spiro atoms. The molecule has 1 rings (SSSR count). The van der Waals surface area contributed by atoms with Crippen molar-refractivity contribution < 1.29 is 26.7 Å². The number of alkyl halides is 5. The normalized spacial score (nSPS) is 11.9. The second-order valence-electron chi connectivity index (χ2n) is 2.51. The predicted octanol–water partition coefficient (Wildman–Crippen LogP) is 4.18. The molecule has 1 nitrogen and oxygen atoms in total.